The number of rotatable bonds is 3. The highest BCUT2D eigenvalue weighted by molar-refractivity contribution is 5.78. The van der Waals surface area contributed by atoms with Crippen LogP contribution in [0.15, 0.2) is 17.3 Å². The summed E-state index contributed by atoms with van der Waals surface area (Å²) in [6.07, 6.45) is 8.27. The first-order valence-corrected chi connectivity index (χ1v) is 6.29. The summed E-state index contributed by atoms with van der Waals surface area (Å²) in [7, 11) is 1.90. The van der Waals surface area contributed by atoms with Gasteiger partial charge in [-0.3, -0.25) is 4.68 Å². The fourth-order valence-corrected chi connectivity index (χ4v) is 2.22. The standard InChI is InChI=1S/C12H21N5/c1-17-8-7-11(16-17)9-14-12(13)15-10-5-3-2-4-6-10/h7-8,10H,2-6,9H2,1H3,(H3,13,14,15). The Hall–Kier alpha value is -1.52. The number of aromatic nitrogens is 2. The van der Waals surface area contributed by atoms with Gasteiger partial charge in [0.1, 0.15) is 0 Å². The minimum Gasteiger partial charge on any atom is -0.370 e. The third kappa shape index (κ3) is 3.76. The molecule has 17 heavy (non-hydrogen) atoms. The lowest BCUT2D eigenvalue weighted by molar-refractivity contribution is 0.412. The molecule has 3 N–H and O–H groups in total. The van der Waals surface area contributed by atoms with Gasteiger partial charge in [0.2, 0.25) is 0 Å². The van der Waals surface area contributed by atoms with E-state index >= 15 is 0 Å². The van der Waals surface area contributed by atoms with Gasteiger partial charge in [-0.2, -0.15) is 5.10 Å². The molecule has 2 rings (SSSR count). The van der Waals surface area contributed by atoms with Crippen LogP contribution in [0.2, 0.25) is 0 Å². The smallest absolute Gasteiger partial charge is 0.189 e. The normalized spacial score (nSPS) is 18.3. The van der Waals surface area contributed by atoms with Crippen LogP contribution < -0.4 is 11.1 Å². The van der Waals surface area contributed by atoms with Crippen LogP contribution in [-0.2, 0) is 13.6 Å². The molecule has 5 nitrogen and oxygen atoms in total. The molecule has 5 heteroatoms. The van der Waals surface area contributed by atoms with Gasteiger partial charge in [0.05, 0.1) is 12.2 Å². The first-order chi connectivity index (χ1) is 8.24. The molecule has 0 saturated heterocycles. The number of aryl methyl sites for hydroxylation is 1. The Morgan fingerprint density at radius 3 is 2.94 bits per heavy atom. The monoisotopic (exact) mass is 235 g/mol. The van der Waals surface area contributed by atoms with Crippen molar-refractivity contribution in [2.75, 3.05) is 0 Å². The second-order valence-electron chi connectivity index (χ2n) is 4.66. The molecular weight excluding hydrogens is 214 g/mol. The fraction of sp³-hybridized carbons (Fsp3) is 0.667. The lowest BCUT2D eigenvalue weighted by Crippen LogP contribution is -2.41. The summed E-state index contributed by atoms with van der Waals surface area (Å²) < 4.78 is 1.77. The molecule has 0 spiro atoms. The van der Waals surface area contributed by atoms with Gasteiger partial charge >= 0.3 is 0 Å². The number of nitrogens with two attached hydrogens (primary N) is 1. The molecule has 1 aliphatic rings. The summed E-state index contributed by atoms with van der Waals surface area (Å²) in [4.78, 5) is 4.31. The maximum Gasteiger partial charge on any atom is 0.189 e. The quantitative estimate of drug-likeness (QED) is 0.610. The summed E-state index contributed by atoms with van der Waals surface area (Å²) in [6, 6.07) is 2.47. The SMILES string of the molecule is Cn1ccc(CN=C(N)NC2CCCCC2)n1. The first kappa shape index (κ1) is 12.0. The summed E-state index contributed by atoms with van der Waals surface area (Å²) in [5, 5.41) is 7.54. The number of guanidine groups is 1. The van der Waals surface area contributed by atoms with Crippen molar-refractivity contribution >= 4 is 5.96 Å². The molecule has 1 fully saturated rings. The van der Waals surface area contributed by atoms with Crippen LogP contribution in [0.1, 0.15) is 37.8 Å². The molecule has 0 aliphatic heterocycles. The predicted molar refractivity (Wildman–Crippen MR) is 68.5 cm³/mol. The Morgan fingerprint density at radius 1 is 1.53 bits per heavy atom. The van der Waals surface area contributed by atoms with Crippen molar-refractivity contribution in [2.45, 2.75) is 44.7 Å². The Labute approximate surface area is 102 Å². The van der Waals surface area contributed by atoms with Gasteiger partial charge in [-0.15, -0.1) is 0 Å². The topological polar surface area (TPSA) is 68.2 Å². The highest BCUT2D eigenvalue weighted by Gasteiger charge is 2.13. The van der Waals surface area contributed by atoms with Crippen molar-refractivity contribution in [3.63, 3.8) is 0 Å². The number of aliphatic imine (C=N–C) groups is 1. The summed E-state index contributed by atoms with van der Waals surface area (Å²) in [6.45, 7) is 0.548. The van der Waals surface area contributed by atoms with Crippen molar-refractivity contribution in [3.05, 3.63) is 18.0 Å². The lowest BCUT2D eigenvalue weighted by atomic mass is 9.96. The van der Waals surface area contributed by atoms with Crippen LogP contribution in [-0.4, -0.2) is 21.8 Å². The van der Waals surface area contributed by atoms with Crippen LogP contribution in [0.25, 0.3) is 0 Å². The van der Waals surface area contributed by atoms with Gasteiger partial charge < -0.3 is 11.1 Å². The Bertz CT molecular complexity index is 376. The van der Waals surface area contributed by atoms with Gasteiger partial charge in [-0.25, -0.2) is 4.99 Å². The molecule has 1 aromatic rings. The Kier molecular flexibility index (Phi) is 4.01. The molecule has 0 unspecified atom stereocenters. The largest absolute Gasteiger partial charge is 0.370 e. The van der Waals surface area contributed by atoms with E-state index in [-0.39, 0.29) is 0 Å². The van der Waals surface area contributed by atoms with Crippen LogP contribution >= 0.6 is 0 Å². The first-order valence-electron chi connectivity index (χ1n) is 6.29. The number of nitrogens with zero attached hydrogens (tertiary/aromatic N) is 3. The summed E-state index contributed by atoms with van der Waals surface area (Å²) >= 11 is 0. The molecule has 1 saturated carbocycles. The molecule has 0 bridgehead atoms. The third-order valence-electron chi connectivity index (χ3n) is 3.14. The zero-order chi connectivity index (χ0) is 12.1. The van der Waals surface area contributed by atoms with E-state index in [9.17, 15) is 0 Å². The van der Waals surface area contributed by atoms with Crippen LogP contribution in [0.3, 0.4) is 0 Å². The van der Waals surface area contributed by atoms with E-state index in [1.54, 1.807) is 4.68 Å². The van der Waals surface area contributed by atoms with E-state index in [0.29, 0.717) is 18.5 Å². The average molecular weight is 235 g/mol. The molecule has 1 aliphatic carbocycles. The third-order valence-corrected chi connectivity index (χ3v) is 3.14. The van der Waals surface area contributed by atoms with Gasteiger partial charge in [-0.1, -0.05) is 19.3 Å². The molecule has 0 aromatic carbocycles. The van der Waals surface area contributed by atoms with Crippen molar-refractivity contribution in [1.82, 2.24) is 15.1 Å². The molecule has 0 amide bonds. The maximum absolute atomic E-state index is 5.86. The summed E-state index contributed by atoms with van der Waals surface area (Å²) in [5.41, 5.74) is 6.81. The maximum atomic E-state index is 5.86. The zero-order valence-electron chi connectivity index (χ0n) is 10.4. The minimum absolute atomic E-state index is 0.510. The molecule has 1 heterocycles. The number of nitrogens with one attached hydrogen (secondary N) is 1. The van der Waals surface area contributed by atoms with E-state index in [4.69, 9.17) is 5.73 Å². The van der Waals surface area contributed by atoms with Crippen molar-refractivity contribution in [2.24, 2.45) is 17.8 Å². The van der Waals surface area contributed by atoms with Gasteiger partial charge in [0.25, 0.3) is 0 Å². The lowest BCUT2D eigenvalue weighted by Gasteiger charge is -2.23. The Morgan fingerprint density at radius 2 is 2.29 bits per heavy atom. The van der Waals surface area contributed by atoms with Crippen molar-refractivity contribution in [3.8, 4) is 0 Å². The van der Waals surface area contributed by atoms with Gasteiger partial charge in [0, 0.05) is 19.3 Å². The van der Waals surface area contributed by atoms with Crippen LogP contribution in [0.4, 0.5) is 0 Å². The number of hydrogen-bond donors (Lipinski definition) is 2. The molecule has 94 valence electrons. The van der Waals surface area contributed by atoms with E-state index in [0.717, 1.165) is 5.69 Å². The van der Waals surface area contributed by atoms with E-state index < -0.39 is 0 Å². The number of hydrogen-bond acceptors (Lipinski definition) is 2. The molecular formula is C12H21N5. The fourth-order valence-electron chi connectivity index (χ4n) is 2.22. The highest BCUT2D eigenvalue weighted by atomic mass is 15.3. The zero-order valence-corrected chi connectivity index (χ0v) is 10.4. The van der Waals surface area contributed by atoms with Crippen LogP contribution in [0.5, 0.6) is 0 Å². The minimum atomic E-state index is 0.510. The second-order valence-corrected chi connectivity index (χ2v) is 4.66. The molecule has 0 radical (unpaired) electrons. The molecule has 0 atom stereocenters. The van der Waals surface area contributed by atoms with Crippen molar-refractivity contribution < 1.29 is 0 Å². The van der Waals surface area contributed by atoms with Crippen molar-refractivity contribution in [1.29, 1.82) is 0 Å². The summed E-state index contributed by atoms with van der Waals surface area (Å²) in [5.74, 6) is 0.544. The average Bonchev–Trinajstić information content (AvgIpc) is 2.74. The van der Waals surface area contributed by atoms with Gasteiger partial charge in [0.15, 0.2) is 5.96 Å². The van der Waals surface area contributed by atoms with Crippen LogP contribution in [0, 0.1) is 0 Å². The van der Waals surface area contributed by atoms with Gasteiger partial charge in [-0.05, 0) is 18.9 Å². The van der Waals surface area contributed by atoms with E-state index in [1.165, 1.54) is 32.1 Å². The predicted octanol–water partition coefficient (Wildman–Crippen LogP) is 1.16. The Balaban J connectivity index is 1.80. The second kappa shape index (κ2) is 5.70. The van der Waals surface area contributed by atoms with E-state index in [1.807, 2.05) is 19.3 Å². The molecule has 1 aromatic heterocycles. The van der Waals surface area contributed by atoms with E-state index in [2.05, 4.69) is 15.4 Å². The highest BCUT2D eigenvalue weighted by Crippen LogP contribution is 2.16.